The Bertz CT molecular complexity index is 848. The predicted molar refractivity (Wildman–Crippen MR) is 99.3 cm³/mol. The maximum absolute atomic E-state index is 12.3. The van der Waals surface area contributed by atoms with E-state index in [0.717, 1.165) is 16.8 Å². The first kappa shape index (κ1) is 18.1. The van der Waals surface area contributed by atoms with Crippen molar-refractivity contribution in [1.29, 1.82) is 5.26 Å². The van der Waals surface area contributed by atoms with E-state index in [2.05, 4.69) is 24.5 Å². The topological polar surface area (TPSA) is 85.2 Å². The number of benzene rings is 2. The van der Waals surface area contributed by atoms with E-state index >= 15 is 0 Å². The summed E-state index contributed by atoms with van der Waals surface area (Å²) in [6.07, 6.45) is 1.41. The monoisotopic (exact) mass is 335 g/mol. The molecule has 0 bridgehead atoms. The number of hydrogen-bond acceptors (Lipinski definition) is 4. The minimum absolute atomic E-state index is 0.0416. The summed E-state index contributed by atoms with van der Waals surface area (Å²) in [5.74, 6) is -0.192. The van der Waals surface area contributed by atoms with Crippen molar-refractivity contribution in [3.8, 4) is 11.8 Å². The zero-order valence-electron chi connectivity index (χ0n) is 14.5. The molecule has 3 N–H and O–H groups in total. The maximum atomic E-state index is 12.3. The molecule has 5 heteroatoms. The van der Waals surface area contributed by atoms with Crippen LogP contribution in [0.2, 0.25) is 0 Å². The SMILES string of the molecule is Cc1cccc(C(C)C)c1N/C=C(/C#N)C(=O)Nc1cccc(O)c1. The quantitative estimate of drug-likeness (QED) is 0.562. The summed E-state index contributed by atoms with van der Waals surface area (Å²) in [6.45, 7) is 6.15. The average molecular weight is 335 g/mol. The van der Waals surface area contributed by atoms with Gasteiger partial charge >= 0.3 is 0 Å². The van der Waals surface area contributed by atoms with Gasteiger partial charge in [-0.15, -0.1) is 0 Å². The molecule has 0 saturated carbocycles. The number of nitrogens with zero attached hydrogens (tertiary/aromatic N) is 1. The molecular formula is C20H21N3O2. The number of hydrogen-bond donors (Lipinski definition) is 3. The summed E-state index contributed by atoms with van der Waals surface area (Å²) in [5, 5.41) is 24.4. The highest BCUT2D eigenvalue weighted by Crippen LogP contribution is 2.27. The van der Waals surface area contributed by atoms with Crippen LogP contribution in [0, 0.1) is 18.3 Å². The van der Waals surface area contributed by atoms with Crippen LogP contribution in [0.1, 0.15) is 30.9 Å². The number of rotatable bonds is 5. The molecule has 2 rings (SSSR count). The molecule has 2 aromatic rings. The van der Waals surface area contributed by atoms with Gasteiger partial charge in [0.1, 0.15) is 17.4 Å². The summed E-state index contributed by atoms with van der Waals surface area (Å²) >= 11 is 0. The molecule has 0 fully saturated rings. The second-order valence-electron chi connectivity index (χ2n) is 6.01. The number of amides is 1. The lowest BCUT2D eigenvalue weighted by atomic mass is 9.98. The highest BCUT2D eigenvalue weighted by molar-refractivity contribution is 6.06. The fourth-order valence-electron chi connectivity index (χ4n) is 2.44. The van der Waals surface area contributed by atoms with Crippen molar-refractivity contribution in [2.24, 2.45) is 0 Å². The van der Waals surface area contributed by atoms with Gasteiger partial charge in [0, 0.05) is 23.6 Å². The van der Waals surface area contributed by atoms with Crippen molar-refractivity contribution in [3.05, 3.63) is 65.4 Å². The van der Waals surface area contributed by atoms with E-state index in [9.17, 15) is 15.2 Å². The first-order chi connectivity index (χ1) is 11.9. The van der Waals surface area contributed by atoms with Gasteiger partial charge in [-0.1, -0.05) is 38.1 Å². The highest BCUT2D eigenvalue weighted by atomic mass is 16.3. The number of nitriles is 1. The molecule has 2 aromatic carbocycles. The summed E-state index contributed by atoms with van der Waals surface area (Å²) in [5.41, 5.74) is 3.41. The van der Waals surface area contributed by atoms with Crippen molar-refractivity contribution in [2.45, 2.75) is 26.7 Å². The fraction of sp³-hybridized carbons (Fsp3) is 0.200. The highest BCUT2D eigenvalue weighted by Gasteiger charge is 2.12. The molecule has 5 nitrogen and oxygen atoms in total. The largest absolute Gasteiger partial charge is 0.508 e. The van der Waals surface area contributed by atoms with Crippen LogP contribution in [0.4, 0.5) is 11.4 Å². The Balaban J connectivity index is 2.21. The Hall–Kier alpha value is -3.26. The average Bonchev–Trinajstić information content (AvgIpc) is 2.56. The van der Waals surface area contributed by atoms with Gasteiger partial charge in [0.25, 0.3) is 5.91 Å². The molecule has 0 spiro atoms. The first-order valence-corrected chi connectivity index (χ1v) is 7.99. The molecule has 1 amide bonds. The van der Waals surface area contributed by atoms with Crippen LogP contribution in [0.3, 0.4) is 0 Å². The van der Waals surface area contributed by atoms with Gasteiger partial charge in [-0.2, -0.15) is 5.26 Å². The molecule has 0 atom stereocenters. The van der Waals surface area contributed by atoms with Crippen LogP contribution < -0.4 is 10.6 Å². The van der Waals surface area contributed by atoms with Crippen LogP contribution in [-0.2, 0) is 4.79 Å². The molecule has 0 saturated heterocycles. The number of aryl methyl sites for hydroxylation is 1. The van der Waals surface area contributed by atoms with Gasteiger partial charge in [0.15, 0.2) is 0 Å². The molecule has 25 heavy (non-hydrogen) atoms. The fourth-order valence-corrected chi connectivity index (χ4v) is 2.44. The second kappa shape index (κ2) is 8.02. The zero-order valence-corrected chi connectivity index (χ0v) is 14.5. The van der Waals surface area contributed by atoms with Crippen molar-refractivity contribution < 1.29 is 9.90 Å². The minimum Gasteiger partial charge on any atom is -0.508 e. The third-order valence-corrected chi connectivity index (χ3v) is 3.76. The Labute approximate surface area is 147 Å². The van der Waals surface area contributed by atoms with Gasteiger partial charge in [-0.3, -0.25) is 4.79 Å². The number of anilines is 2. The standard InChI is InChI=1S/C20H21N3O2/c1-13(2)18-9-4-6-14(3)19(18)22-12-15(11-21)20(25)23-16-7-5-8-17(24)10-16/h4-10,12-13,22,24H,1-3H3,(H,23,25)/b15-12-. The summed E-state index contributed by atoms with van der Waals surface area (Å²) in [4.78, 5) is 12.3. The Morgan fingerprint density at radius 1 is 1.24 bits per heavy atom. The third kappa shape index (κ3) is 4.61. The lowest BCUT2D eigenvalue weighted by Crippen LogP contribution is -2.14. The van der Waals surface area contributed by atoms with E-state index in [1.54, 1.807) is 12.1 Å². The predicted octanol–water partition coefficient (Wildman–Crippen LogP) is 4.28. The number of phenols is 1. The molecule has 0 aromatic heterocycles. The summed E-state index contributed by atoms with van der Waals surface area (Å²) < 4.78 is 0. The molecule has 0 unspecified atom stereocenters. The molecular weight excluding hydrogens is 314 g/mol. The lowest BCUT2D eigenvalue weighted by molar-refractivity contribution is -0.112. The zero-order chi connectivity index (χ0) is 18.4. The maximum Gasteiger partial charge on any atom is 0.267 e. The van der Waals surface area contributed by atoms with Crippen LogP contribution in [0.15, 0.2) is 54.2 Å². The lowest BCUT2D eigenvalue weighted by Gasteiger charge is -2.15. The van der Waals surface area contributed by atoms with E-state index in [4.69, 9.17) is 0 Å². The first-order valence-electron chi connectivity index (χ1n) is 7.99. The van der Waals surface area contributed by atoms with Crippen molar-refractivity contribution in [3.63, 3.8) is 0 Å². The molecule has 0 radical (unpaired) electrons. The summed E-state index contributed by atoms with van der Waals surface area (Å²) in [6, 6.07) is 14.0. The van der Waals surface area contributed by atoms with E-state index in [1.807, 2.05) is 31.2 Å². The molecule has 0 aliphatic rings. The number of nitrogens with one attached hydrogen (secondary N) is 2. The Kier molecular flexibility index (Phi) is 5.80. The van der Waals surface area contributed by atoms with Crippen LogP contribution in [0.5, 0.6) is 5.75 Å². The third-order valence-electron chi connectivity index (χ3n) is 3.76. The second-order valence-corrected chi connectivity index (χ2v) is 6.01. The van der Waals surface area contributed by atoms with Crippen LogP contribution >= 0.6 is 0 Å². The molecule has 0 heterocycles. The van der Waals surface area contributed by atoms with E-state index in [0.29, 0.717) is 11.6 Å². The van der Waals surface area contributed by atoms with E-state index in [1.165, 1.54) is 18.3 Å². The number of para-hydroxylation sites is 1. The number of carbonyl (C=O) groups is 1. The van der Waals surface area contributed by atoms with Gasteiger partial charge in [0.05, 0.1) is 0 Å². The van der Waals surface area contributed by atoms with E-state index < -0.39 is 5.91 Å². The van der Waals surface area contributed by atoms with Gasteiger partial charge < -0.3 is 15.7 Å². The van der Waals surface area contributed by atoms with E-state index in [-0.39, 0.29) is 11.3 Å². The van der Waals surface area contributed by atoms with Crippen molar-refractivity contribution in [2.75, 3.05) is 10.6 Å². The van der Waals surface area contributed by atoms with Crippen molar-refractivity contribution in [1.82, 2.24) is 0 Å². The molecule has 128 valence electrons. The number of phenolic OH excluding ortho intramolecular Hbond substituents is 1. The Morgan fingerprint density at radius 3 is 2.60 bits per heavy atom. The molecule has 0 aliphatic carbocycles. The molecule has 0 aliphatic heterocycles. The summed E-state index contributed by atoms with van der Waals surface area (Å²) in [7, 11) is 0. The minimum atomic E-state index is -0.541. The number of carbonyl (C=O) groups excluding carboxylic acids is 1. The van der Waals surface area contributed by atoms with Gasteiger partial charge in [-0.05, 0) is 36.1 Å². The van der Waals surface area contributed by atoms with Crippen LogP contribution in [-0.4, -0.2) is 11.0 Å². The van der Waals surface area contributed by atoms with Crippen LogP contribution in [0.25, 0.3) is 0 Å². The van der Waals surface area contributed by atoms with Crippen molar-refractivity contribution >= 4 is 17.3 Å². The van der Waals surface area contributed by atoms with Gasteiger partial charge in [-0.25, -0.2) is 0 Å². The number of aromatic hydroxyl groups is 1. The smallest absolute Gasteiger partial charge is 0.267 e. The Morgan fingerprint density at radius 2 is 1.96 bits per heavy atom. The van der Waals surface area contributed by atoms with Gasteiger partial charge in [0.2, 0.25) is 0 Å². The normalized spacial score (nSPS) is 11.1.